The lowest BCUT2D eigenvalue weighted by Gasteiger charge is -2.36. The van der Waals surface area contributed by atoms with Crippen LogP contribution < -0.4 is 5.32 Å². The highest BCUT2D eigenvalue weighted by Crippen LogP contribution is 2.13. The molecule has 0 spiro atoms. The number of nitrogens with zero attached hydrogens (tertiary/aromatic N) is 3. The SMILES string of the molecule is CN=C(NCCCCCOC)N1CCN(C(=O)Cc2cccc(Cl)c2)CC1. The third-order valence-corrected chi connectivity index (χ3v) is 4.93. The van der Waals surface area contributed by atoms with Crippen LogP contribution >= 0.6 is 11.6 Å². The predicted octanol–water partition coefficient (Wildman–Crippen LogP) is 2.42. The lowest BCUT2D eigenvalue weighted by Crippen LogP contribution is -2.54. The highest BCUT2D eigenvalue weighted by Gasteiger charge is 2.22. The minimum Gasteiger partial charge on any atom is -0.385 e. The Balaban J connectivity index is 1.72. The average Bonchev–Trinajstić information content (AvgIpc) is 2.68. The van der Waals surface area contributed by atoms with E-state index in [0.717, 1.165) is 57.0 Å². The van der Waals surface area contributed by atoms with Gasteiger partial charge in [-0.15, -0.1) is 0 Å². The number of carbonyl (C=O) groups excluding carboxylic acids is 1. The average molecular weight is 395 g/mol. The zero-order chi connectivity index (χ0) is 19.5. The normalized spacial score (nSPS) is 15.1. The summed E-state index contributed by atoms with van der Waals surface area (Å²) >= 11 is 6.00. The van der Waals surface area contributed by atoms with Crippen molar-refractivity contribution in [2.24, 2.45) is 4.99 Å². The van der Waals surface area contributed by atoms with Crippen molar-refractivity contribution < 1.29 is 9.53 Å². The van der Waals surface area contributed by atoms with Crippen molar-refractivity contribution in [2.45, 2.75) is 25.7 Å². The number of hydrogen-bond donors (Lipinski definition) is 1. The van der Waals surface area contributed by atoms with E-state index in [1.165, 1.54) is 0 Å². The summed E-state index contributed by atoms with van der Waals surface area (Å²) in [5.41, 5.74) is 0.959. The number of amides is 1. The summed E-state index contributed by atoms with van der Waals surface area (Å²) in [6.07, 6.45) is 3.73. The van der Waals surface area contributed by atoms with E-state index < -0.39 is 0 Å². The van der Waals surface area contributed by atoms with Gasteiger partial charge in [0, 0.05) is 58.5 Å². The molecule has 150 valence electrons. The maximum absolute atomic E-state index is 12.5. The van der Waals surface area contributed by atoms with Gasteiger partial charge in [-0.3, -0.25) is 9.79 Å². The summed E-state index contributed by atoms with van der Waals surface area (Å²) in [5.74, 6) is 1.07. The Kier molecular flexibility index (Phi) is 9.42. The number of aliphatic imine (C=N–C) groups is 1. The molecule has 7 heteroatoms. The van der Waals surface area contributed by atoms with Crippen LogP contribution in [0.2, 0.25) is 5.02 Å². The maximum atomic E-state index is 12.5. The van der Waals surface area contributed by atoms with E-state index in [9.17, 15) is 4.79 Å². The first-order valence-corrected chi connectivity index (χ1v) is 9.98. The summed E-state index contributed by atoms with van der Waals surface area (Å²) in [7, 11) is 3.55. The Morgan fingerprint density at radius 2 is 1.93 bits per heavy atom. The molecule has 6 nitrogen and oxygen atoms in total. The Labute approximate surface area is 167 Å². The van der Waals surface area contributed by atoms with Gasteiger partial charge >= 0.3 is 0 Å². The minimum absolute atomic E-state index is 0.151. The summed E-state index contributed by atoms with van der Waals surface area (Å²) in [4.78, 5) is 21.1. The number of methoxy groups -OCH3 is 1. The number of rotatable bonds is 8. The topological polar surface area (TPSA) is 57.2 Å². The number of carbonyl (C=O) groups is 1. The molecule has 1 heterocycles. The maximum Gasteiger partial charge on any atom is 0.227 e. The summed E-state index contributed by atoms with van der Waals surface area (Å²) in [6.45, 7) is 4.75. The number of piperazine rings is 1. The fraction of sp³-hybridized carbons (Fsp3) is 0.600. The molecular formula is C20H31ClN4O2. The van der Waals surface area contributed by atoms with Gasteiger partial charge in [-0.2, -0.15) is 0 Å². The molecule has 1 aliphatic rings. The molecule has 27 heavy (non-hydrogen) atoms. The van der Waals surface area contributed by atoms with E-state index in [4.69, 9.17) is 16.3 Å². The number of guanidine groups is 1. The largest absolute Gasteiger partial charge is 0.385 e. The monoisotopic (exact) mass is 394 g/mol. The van der Waals surface area contributed by atoms with Crippen LogP contribution in [-0.4, -0.2) is 75.2 Å². The number of benzene rings is 1. The molecule has 0 atom stereocenters. The van der Waals surface area contributed by atoms with Crippen molar-refractivity contribution >= 4 is 23.5 Å². The number of hydrogen-bond acceptors (Lipinski definition) is 3. The van der Waals surface area contributed by atoms with Crippen LogP contribution in [0.25, 0.3) is 0 Å². The third-order valence-electron chi connectivity index (χ3n) is 4.70. The molecule has 1 amide bonds. The van der Waals surface area contributed by atoms with Gasteiger partial charge in [0.05, 0.1) is 6.42 Å². The molecule has 0 bridgehead atoms. The lowest BCUT2D eigenvalue weighted by molar-refractivity contribution is -0.131. The summed E-state index contributed by atoms with van der Waals surface area (Å²) in [6, 6.07) is 7.50. The minimum atomic E-state index is 0.151. The van der Waals surface area contributed by atoms with E-state index in [0.29, 0.717) is 24.5 Å². The van der Waals surface area contributed by atoms with Crippen LogP contribution in [0.5, 0.6) is 0 Å². The van der Waals surface area contributed by atoms with Gasteiger partial charge < -0.3 is 19.9 Å². The van der Waals surface area contributed by atoms with E-state index in [1.807, 2.05) is 36.2 Å². The second kappa shape index (κ2) is 11.8. The molecular weight excluding hydrogens is 364 g/mol. The lowest BCUT2D eigenvalue weighted by atomic mass is 10.1. The highest BCUT2D eigenvalue weighted by molar-refractivity contribution is 6.30. The van der Waals surface area contributed by atoms with Gasteiger partial charge in [-0.25, -0.2) is 0 Å². The van der Waals surface area contributed by atoms with Crippen LogP contribution in [0.4, 0.5) is 0 Å². The summed E-state index contributed by atoms with van der Waals surface area (Å²) < 4.78 is 5.07. The molecule has 0 unspecified atom stereocenters. The standard InChI is InChI=1S/C20H31ClN4O2/c1-22-20(23-9-4-3-5-14-27-2)25-12-10-24(11-13-25)19(26)16-17-7-6-8-18(21)15-17/h6-8,15H,3-5,9-14,16H2,1-2H3,(H,22,23). The zero-order valence-corrected chi connectivity index (χ0v) is 17.2. The number of halogens is 1. The molecule has 1 aromatic rings. The summed E-state index contributed by atoms with van der Waals surface area (Å²) in [5, 5.41) is 4.09. The molecule has 2 rings (SSSR count). The molecule has 1 fully saturated rings. The number of unbranched alkanes of at least 4 members (excludes halogenated alkanes) is 2. The Bertz CT molecular complexity index is 616. The predicted molar refractivity (Wildman–Crippen MR) is 110 cm³/mol. The van der Waals surface area contributed by atoms with Crippen molar-refractivity contribution in [1.29, 1.82) is 0 Å². The van der Waals surface area contributed by atoms with Gasteiger partial charge in [0.2, 0.25) is 5.91 Å². The fourth-order valence-electron chi connectivity index (χ4n) is 3.18. The van der Waals surface area contributed by atoms with Crippen LogP contribution in [0.3, 0.4) is 0 Å². The fourth-order valence-corrected chi connectivity index (χ4v) is 3.39. The van der Waals surface area contributed by atoms with Gasteiger partial charge in [-0.05, 0) is 37.0 Å². The van der Waals surface area contributed by atoms with Crippen molar-refractivity contribution in [3.63, 3.8) is 0 Å². The molecule has 0 radical (unpaired) electrons. The molecule has 1 aromatic carbocycles. The second-order valence-electron chi connectivity index (χ2n) is 6.70. The number of ether oxygens (including phenoxy) is 1. The van der Waals surface area contributed by atoms with Crippen molar-refractivity contribution in [3.8, 4) is 0 Å². The molecule has 1 saturated heterocycles. The van der Waals surface area contributed by atoms with E-state index in [-0.39, 0.29) is 5.91 Å². The smallest absolute Gasteiger partial charge is 0.227 e. The Hall–Kier alpha value is -1.79. The zero-order valence-electron chi connectivity index (χ0n) is 16.4. The van der Waals surface area contributed by atoms with E-state index >= 15 is 0 Å². The van der Waals surface area contributed by atoms with Crippen LogP contribution in [0.15, 0.2) is 29.3 Å². The van der Waals surface area contributed by atoms with Crippen LogP contribution in [0.1, 0.15) is 24.8 Å². The Morgan fingerprint density at radius 3 is 2.59 bits per heavy atom. The van der Waals surface area contributed by atoms with Gasteiger partial charge in [-0.1, -0.05) is 23.7 Å². The Morgan fingerprint density at radius 1 is 1.19 bits per heavy atom. The van der Waals surface area contributed by atoms with E-state index in [2.05, 4.69) is 15.2 Å². The molecule has 1 aliphatic heterocycles. The highest BCUT2D eigenvalue weighted by atomic mass is 35.5. The third kappa shape index (κ3) is 7.39. The van der Waals surface area contributed by atoms with Gasteiger partial charge in [0.15, 0.2) is 5.96 Å². The van der Waals surface area contributed by atoms with Gasteiger partial charge in [0.1, 0.15) is 0 Å². The molecule has 0 aliphatic carbocycles. The first-order chi connectivity index (χ1) is 13.1. The van der Waals surface area contributed by atoms with Gasteiger partial charge in [0.25, 0.3) is 0 Å². The quantitative estimate of drug-likeness (QED) is 0.418. The molecule has 0 aromatic heterocycles. The van der Waals surface area contributed by atoms with Crippen molar-refractivity contribution in [3.05, 3.63) is 34.9 Å². The van der Waals surface area contributed by atoms with Crippen LogP contribution in [0, 0.1) is 0 Å². The molecule has 0 saturated carbocycles. The van der Waals surface area contributed by atoms with Crippen molar-refractivity contribution in [1.82, 2.24) is 15.1 Å². The number of nitrogens with one attached hydrogen (secondary N) is 1. The first kappa shape index (κ1) is 21.5. The van der Waals surface area contributed by atoms with E-state index in [1.54, 1.807) is 7.11 Å². The van der Waals surface area contributed by atoms with Crippen LogP contribution in [-0.2, 0) is 16.0 Å². The van der Waals surface area contributed by atoms with Crippen molar-refractivity contribution in [2.75, 3.05) is 53.5 Å². The molecule has 1 N–H and O–H groups in total. The first-order valence-electron chi connectivity index (χ1n) is 9.61. The second-order valence-corrected chi connectivity index (χ2v) is 7.14.